The molecule has 5 aromatic carbocycles. The average Bonchev–Trinajstić information content (AvgIpc) is 3.53. The predicted molar refractivity (Wildman–Crippen MR) is 344 cm³/mol. The summed E-state index contributed by atoms with van der Waals surface area (Å²) in [5.41, 5.74) is 7.16. The van der Waals surface area contributed by atoms with Gasteiger partial charge in [0.25, 0.3) is 0 Å². The van der Waals surface area contributed by atoms with Crippen LogP contribution in [0.25, 0.3) is 0 Å². The highest BCUT2D eigenvalue weighted by molar-refractivity contribution is 9.11. The van der Waals surface area contributed by atoms with E-state index in [1.807, 2.05) is 113 Å². The van der Waals surface area contributed by atoms with E-state index in [0.717, 1.165) is 41.3 Å². The van der Waals surface area contributed by atoms with E-state index in [2.05, 4.69) is 101 Å². The topological polar surface area (TPSA) is 163 Å². The maximum atomic E-state index is 12.3. The predicted octanol–water partition coefficient (Wildman–Crippen LogP) is 17.8. The summed E-state index contributed by atoms with van der Waals surface area (Å²) in [7, 11) is 14.4. The lowest BCUT2D eigenvalue weighted by Crippen LogP contribution is -2.41. The lowest BCUT2D eigenvalue weighted by molar-refractivity contribution is -0.115. The number of carbonyl (C=O) groups is 5. The highest BCUT2D eigenvalue weighted by atomic mass is 79.9. The molecule has 21 heteroatoms. The third kappa shape index (κ3) is 24.1. The number of ether oxygens (including phenoxy) is 2. The van der Waals surface area contributed by atoms with Gasteiger partial charge in [0.05, 0.1) is 40.7 Å². The van der Waals surface area contributed by atoms with Crippen molar-refractivity contribution in [2.24, 2.45) is 0 Å². The van der Waals surface area contributed by atoms with Crippen LogP contribution < -0.4 is 14.9 Å². The van der Waals surface area contributed by atoms with Gasteiger partial charge in [-0.3, -0.25) is 19.2 Å². The molecule has 3 aliphatic rings. The van der Waals surface area contributed by atoms with Crippen molar-refractivity contribution in [2.45, 2.75) is 160 Å². The summed E-state index contributed by atoms with van der Waals surface area (Å²) >= 11 is 16.3. The van der Waals surface area contributed by atoms with E-state index in [9.17, 15) is 29.1 Å². The fourth-order valence-corrected chi connectivity index (χ4v) is 8.61. The molecule has 0 aromatic heterocycles. The minimum atomic E-state index is -1.72. The van der Waals surface area contributed by atoms with E-state index in [-0.39, 0.29) is 34.1 Å². The van der Waals surface area contributed by atoms with E-state index >= 15 is 0 Å². The molecule has 1 fully saturated rings. The number of carbonyl (C=O) groups excluding carboxylic acids is 5. The second-order valence-electron chi connectivity index (χ2n) is 21.0. The zero-order valence-electron chi connectivity index (χ0n) is 48.6. The molecule has 3 heterocycles. The number of halogens is 8. The number of fused-ring (bicyclic) bond motifs is 2. The number of aryl methyl sites for hydroxylation is 1. The van der Waals surface area contributed by atoms with Gasteiger partial charge in [-0.15, -0.1) is 0 Å². The van der Waals surface area contributed by atoms with E-state index < -0.39 is 40.9 Å². The van der Waals surface area contributed by atoms with Gasteiger partial charge in [0.15, 0.2) is 17.3 Å². The Bertz CT molecular complexity index is 2880. The van der Waals surface area contributed by atoms with Crippen molar-refractivity contribution >= 4 is 158 Å². The molecule has 80 heavy (non-hydrogen) atoms. The van der Waals surface area contributed by atoms with Crippen LogP contribution in [0.15, 0.2) is 90.7 Å². The first kappa shape index (κ1) is 75.3. The lowest BCUT2D eigenvalue weighted by Gasteiger charge is -2.33. The Morgan fingerprint density at radius 2 is 0.912 bits per heavy atom. The van der Waals surface area contributed by atoms with Gasteiger partial charge in [-0.2, -0.15) is 0 Å². The Labute approximate surface area is 529 Å². The molecular formula is C59H72AlBBr4Cl4O11. The van der Waals surface area contributed by atoms with Crippen LogP contribution in [-0.2, 0) is 18.9 Å². The molecule has 2 N–H and O–H groups in total. The van der Waals surface area contributed by atoms with Crippen LogP contribution in [0.4, 0.5) is 0 Å². The van der Waals surface area contributed by atoms with Crippen molar-refractivity contribution < 1.29 is 53.0 Å². The van der Waals surface area contributed by atoms with Gasteiger partial charge >= 0.3 is 18.5 Å². The molecule has 0 saturated carbocycles. The number of hydrogen-bond donors (Lipinski definition) is 2. The molecule has 8 rings (SSSR count). The third-order valence-electron chi connectivity index (χ3n) is 12.3. The van der Waals surface area contributed by atoms with E-state index in [1.165, 1.54) is 43.3 Å². The summed E-state index contributed by atoms with van der Waals surface area (Å²) in [5, 5.41) is 18.2. The standard InChI is InChI=1S/C18H25BO4.C12H13BrO2.C9H9BrO2.C8H9Br.C7H7BrO.C3H6O.C2H3ClO.Al.3ClH/c1-11-13(19-22-17(4,5)18(6,7)23-19)9-8-12-14(20)10-16(2,3)21-15(11)12;1-7-9(13)5-4-8-10(14)6-12(2,3)15-11(7)8;1-5-8(10)4-3-7(6(2)11)9(5)12;1-6-4-3-5-8(9)7(6)2;1-5-6(8)3-2-4-7(5)9;1-3(2)4;1-2(3)4;;;;/h8-9H,10H2,1-7H3;4-5H,6H2,1-3H3;3-4,12H,1-2H3;3-5H,1-2H3;2-4,9H,1H3;1-2H3;1H3;;3*1H/q;;;;;;;+3;;;/p-3. The zero-order valence-corrected chi connectivity index (χ0v) is 59.1. The number of hydrogen-bond acceptors (Lipinski definition) is 11. The highest BCUT2D eigenvalue weighted by Crippen LogP contribution is 2.41. The molecule has 0 radical (unpaired) electrons. The lowest BCUT2D eigenvalue weighted by atomic mass is 9.74. The van der Waals surface area contributed by atoms with Crippen LogP contribution in [0, 0.1) is 41.5 Å². The van der Waals surface area contributed by atoms with Crippen LogP contribution in [0.3, 0.4) is 0 Å². The maximum Gasteiger partial charge on any atom is 0.643 e. The Hall–Kier alpha value is -2.75. The van der Waals surface area contributed by atoms with Crippen molar-refractivity contribution in [3.63, 3.8) is 0 Å². The van der Waals surface area contributed by atoms with Gasteiger partial charge < -0.3 is 33.8 Å². The van der Waals surface area contributed by atoms with Gasteiger partial charge in [0.1, 0.15) is 40.0 Å². The van der Waals surface area contributed by atoms with Crippen molar-refractivity contribution in [2.75, 3.05) is 0 Å². The van der Waals surface area contributed by atoms with Gasteiger partial charge in [-0.25, -0.2) is 30.1 Å². The second-order valence-corrected chi connectivity index (χ2v) is 31.4. The van der Waals surface area contributed by atoms with Crippen molar-refractivity contribution in [1.82, 2.24) is 0 Å². The van der Waals surface area contributed by atoms with Crippen LogP contribution >= 0.6 is 105 Å². The average molecular weight is 1460 g/mol. The summed E-state index contributed by atoms with van der Waals surface area (Å²) in [4.78, 5) is 53.8. The number of ketones is 4. The molecule has 0 aliphatic carbocycles. The largest absolute Gasteiger partial charge is 0.643 e. The van der Waals surface area contributed by atoms with E-state index in [4.69, 9.17) is 54.0 Å². The first-order valence-electron chi connectivity index (χ1n) is 24.9. The fraction of sp³-hybridized carbons (Fsp3) is 0.407. The van der Waals surface area contributed by atoms with Gasteiger partial charge in [0.2, 0.25) is 5.24 Å². The third-order valence-corrected chi connectivity index (χ3v) is 15.8. The molecular weight excluding hydrogens is 1380 g/mol. The van der Waals surface area contributed by atoms with Crippen LogP contribution in [-0.4, -0.2) is 79.5 Å². The molecule has 0 bridgehead atoms. The van der Waals surface area contributed by atoms with Crippen LogP contribution in [0.1, 0.15) is 160 Å². The van der Waals surface area contributed by atoms with E-state index in [1.54, 1.807) is 31.2 Å². The van der Waals surface area contributed by atoms with Crippen molar-refractivity contribution in [3.8, 4) is 23.0 Å². The zero-order chi connectivity index (χ0) is 62.2. The number of benzene rings is 5. The summed E-state index contributed by atoms with van der Waals surface area (Å²) in [6, 6.07) is 22.4. The number of Topliss-reactive ketones (excluding diaryl/α,β-unsaturated/α-hetero) is 4. The van der Waals surface area contributed by atoms with Gasteiger partial charge in [-0.05, 0) is 200 Å². The smallest absolute Gasteiger partial charge is 0.508 e. The number of phenolic OH excluding ortho intramolecular Hbond substituents is 2. The number of aromatic hydroxyl groups is 2. The van der Waals surface area contributed by atoms with Gasteiger partial charge in [-0.1, -0.05) is 88.0 Å². The summed E-state index contributed by atoms with van der Waals surface area (Å²) in [5.74, 6) is 2.13. The van der Waals surface area contributed by atoms with Crippen molar-refractivity contribution in [1.29, 1.82) is 0 Å². The number of phenols is 2. The maximum absolute atomic E-state index is 12.3. The summed E-state index contributed by atoms with van der Waals surface area (Å²) < 4.78 is 28.2. The summed E-state index contributed by atoms with van der Waals surface area (Å²) in [6.07, 6.45) is 0.844. The minimum absolute atomic E-state index is 0.0666. The van der Waals surface area contributed by atoms with Gasteiger partial charge in [0, 0.05) is 41.5 Å². The Kier molecular flexibility index (Phi) is 31.1. The van der Waals surface area contributed by atoms with Crippen molar-refractivity contribution in [3.05, 3.63) is 141 Å². The first-order valence-corrected chi connectivity index (χ1v) is 33.7. The Morgan fingerprint density at radius 3 is 1.30 bits per heavy atom. The molecule has 0 unspecified atom stereocenters. The molecule has 0 spiro atoms. The van der Waals surface area contributed by atoms with E-state index in [0.29, 0.717) is 46.6 Å². The molecule has 0 atom stereocenters. The van der Waals surface area contributed by atoms with Crippen LogP contribution in [0.5, 0.6) is 23.0 Å². The fourth-order valence-electron chi connectivity index (χ4n) is 7.16. The highest BCUT2D eigenvalue weighted by Gasteiger charge is 2.52. The molecule has 1 saturated heterocycles. The Balaban J connectivity index is 0.000000493. The van der Waals surface area contributed by atoms with Crippen LogP contribution in [0.2, 0.25) is 0 Å². The first-order chi connectivity index (χ1) is 36.5. The Morgan fingerprint density at radius 1 is 0.550 bits per heavy atom. The molecule has 3 aliphatic heterocycles. The molecule has 11 nitrogen and oxygen atoms in total. The minimum Gasteiger partial charge on any atom is -0.508 e. The molecule has 0 amide bonds. The quantitative estimate of drug-likeness (QED) is 0.0982. The second kappa shape index (κ2) is 33.1. The molecule has 436 valence electrons. The number of rotatable bonds is 2. The summed E-state index contributed by atoms with van der Waals surface area (Å²) in [6.45, 7) is 33.4. The normalized spacial score (nSPS) is 15.1. The SMILES string of the molecule is CC(=O)Cl.CC(=O)c1ccc(Br)c(C)c1O.CC(C)=O.Cc1c(B2OC(C)(C)C(C)(C)O2)ccc2c1OC(C)(C)CC2=O.Cc1c(Br)ccc2c1OC(C)(C)CC2=O.Cc1c(O)cccc1Br.Cc1cccc(Br)c1C.[Cl][Al]([Cl])[Cl]. The monoisotopic (exact) mass is 1450 g/mol. The molecule has 5 aromatic rings.